The molecule has 0 saturated heterocycles. The maximum absolute atomic E-state index is 5.76. The quantitative estimate of drug-likeness (QED) is 0.195. The summed E-state index contributed by atoms with van der Waals surface area (Å²) in [5.74, 6) is 0. The van der Waals surface area contributed by atoms with Gasteiger partial charge < -0.3 is 5.73 Å². The SMILES string of the molecule is C=CCN(CC=C)CCN(CC=C)CCN(CC=C)CCN(CC=C)CCN(CC=C)CCN. The molecule has 0 saturated carbocycles. The van der Waals surface area contributed by atoms with Crippen molar-refractivity contribution in [1.29, 1.82) is 0 Å². The van der Waals surface area contributed by atoms with Crippen molar-refractivity contribution in [3.8, 4) is 0 Å². The van der Waals surface area contributed by atoms with E-state index in [1.165, 1.54) is 0 Å². The van der Waals surface area contributed by atoms with E-state index in [-0.39, 0.29) is 0 Å². The standard InChI is InChI=1S/C28H52N6/c1-7-14-30(15-8-2)21-23-32(17-10-4)25-27-34(19-12-6)28-26-33(18-11-5)24-22-31(16-9-3)20-13-29/h7-12H,1-6,13-29H2. The molecule has 0 aromatic heterocycles. The Morgan fingerprint density at radius 1 is 0.353 bits per heavy atom. The largest absolute Gasteiger partial charge is 0.329 e. The fourth-order valence-corrected chi connectivity index (χ4v) is 3.84. The average molecular weight is 473 g/mol. The highest BCUT2D eigenvalue weighted by molar-refractivity contribution is 4.83. The van der Waals surface area contributed by atoms with Crippen LogP contribution in [0.1, 0.15) is 0 Å². The molecule has 34 heavy (non-hydrogen) atoms. The molecule has 0 aliphatic rings. The third-order valence-electron chi connectivity index (χ3n) is 5.70. The molecule has 0 radical (unpaired) electrons. The lowest BCUT2D eigenvalue weighted by atomic mass is 10.3. The van der Waals surface area contributed by atoms with Crippen molar-refractivity contribution >= 4 is 0 Å². The van der Waals surface area contributed by atoms with Gasteiger partial charge in [-0.05, 0) is 0 Å². The number of nitrogens with zero attached hydrogens (tertiary/aromatic N) is 5. The van der Waals surface area contributed by atoms with Crippen LogP contribution in [0, 0.1) is 0 Å². The van der Waals surface area contributed by atoms with Gasteiger partial charge in [-0.3, -0.25) is 24.5 Å². The van der Waals surface area contributed by atoms with Crippen molar-refractivity contribution < 1.29 is 0 Å². The van der Waals surface area contributed by atoms with Gasteiger partial charge in [-0.2, -0.15) is 0 Å². The maximum atomic E-state index is 5.76. The van der Waals surface area contributed by atoms with Gasteiger partial charge in [0, 0.05) is 105 Å². The maximum Gasteiger partial charge on any atom is 0.0164 e. The topological polar surface area (TPSA) is 42.2 Å². The van der Waals surface area contributed by atoms with Gasteiger partial charge in [0.1, 0.15) is 0 Å². The molecule has 0 bridgehead atoms. The average Bonchev–Trinajstić information content (AvgIpc) is 2.82. The van der Waals surface area contributed by atoms with E-state index in [1.54, 1.807) is 0 Å². The predicted molar refractivity (Wildman–Crippen MR) is 152 cm³/mol. The van der Waals surface area contributed by atoms with Crippen molar-refractivity contribution in [2.45, 2.75) is 0 Å². The Bertz CT molecular complexity index is 551. The van der Waals surface area contributed by atoms with Crippen LogP contribution in [-0.4, -0.2) is 129 Å². The highest BCUT2D eigenvalue weighted by atomic mass is 15.2. The van der Waals surface area contributed by atoms with E-state index in [2.05, 4.69) is 64.0 Å². The summed E-state index contributed by atoms with van der Waals surface area (Å²) in [4.78, 5) is 12.1. The van der Waals surface area contributed by atoms with Crippen LogP contribution in [0.5, 0.6) is 0 Å². The molecule has 0 heterocycles. The molecule has 0 atom stereocenters. The van der Waals surface area contributed by atoms with Gasteiger partial charge in [-0.25, -0.2) is 0 Å². The van der Waals surface area contributed by atoms with E-state index in [9.17, 15) is 0 Å². The number of hydrogen-bond donors (Lipinski definition) is 1. The first kappa shape index (κ1) is 32.2. The van der Waals surface area contributed by atoms with E-state index in [4.69, 9.17) is 5.73 Å². The zero-order valence-electron chi connectivity index (χ0n) is 21.8. The summed E-state index contributed by atoms with van der Waals surface area (Å²) < 4.78 is 0. The minimum atomic E-state index is 0.669. The molecule has 2 N–H and O–H groups in total. The van der Waals surface area contributed by atoms with E-state index in [0.717, 1.165) is 98.2 Å². The summed E-state index contributed by atoms with van der Waals surface area (Å²) in [5.41, 5.74) is 5.76. The minimum absolute atomic E-state index is 0.669. The molecule has 0 aromatic carbocycles. The first-order valence-electron chi connectivity index (χ1n) is 12.6. The normalized spacial score (nSPS) is 11.5. The van der Waals surface area contributed by atoms with Crippen molar-refractivity contribution in [2.24, 2.45) is 5.73 Å². The second kappa shape index (κ2) is 23.0. The van der Waals surface area contributed by atoms with Crippen LogP contribution in [0.3, 0.4) is 0 Å². The fourth-order valence-electron chi connectivity index (χ4n) is 3.84. The van der Waals surface area contributed by atoms with Crippen LogP contribution in [0.4, 0.5) is 0 Å². The van der Waals surface area contributed by atoms with Crippen LogP contribution >= 0.6 is 0 Å². The Hall–Kier alpha value is -1.80. The Labute approximate surface area is 211 Å². The van der Waals surface area contributed by atoms with Crippen molar-refractivity contribution in [2.75, 3.05) is 105 Å². The van der Waals surface area contributed by atoms with Crippen molar-refractivity contribution in [3.05, 3.63) is 75.9 Å². The van der Waals surface area contributed by atoms with Crippen molar-refractivity contribution in [3.63, 3.8) is 0 Å². The van der Waals surface area contributed by atoms with Gasteiger partial charge in [-0.1, -0.05) is 36.5 Å². The van der Waals surface area contributed by atoms with Crippen LogP contribution in [0.2, 0.25) is 0 Å². The van der Waals surface area contributed by atoms with E-state index < -0.39 is 0 Å². The zero-order chi connectivity index (χ0) is 25.4. The molecule has 6 heteroatoms. The van der Waals surface area contributed by atoms with E-state index >= 15 is 0 Å². The Kier molecular flexibility index (Phi) is 21.8. The van der Waals surface area contributed by atoms with Crippen molar-refractivity contribution in [1.82, 2.24) is 24.5 Å². The number of rotatable bonds is 26. The first-order valence-corrected chi connectivity index (χ1v) is 12.6. The molecule has 0 spiro atoms. The van der Waals surface area contributed by atoms with Gasteiger partial charge in [0.15, 0.2) is 0 Å². The Balaban J connectivity index is 4.78. The Morgan fingerprint density at radius 3 is 0.794 bits per heavy atom. The molecule has 194 valence electrons. The highest BCUT2D eigenvalue weighted by Crippen LogP contribution is 2.00. The van der Waals surface area contributed by atoms with Gasteiger partial charge in [-0.15, -0.1) is 39.5 Å². The second-order valence-corrected chi connectivity index (χ2v) is 8.48. The van der Waals surface area contributed by atoms with Gasteiger partial charge >= 0.3 is 0 Å². The third kappa shape index (κ3) is 16.8. The van der Waals surface area contributed by atoms with Gasteiger partial charge in [0.2, 0.25) is 0 Å². The highest BCUT2D eigenvalue weighted by Gasteiger charge is 2.12. The first-order chi connectivity index (χ1) is 16.6. The van der Waals surface area contributed by atoms with Gasteiger partial charge in [0.25, 0.3) is 0 Å². The molecule has 0 aromatic rings. The Morgan fingerprint density at radius 2 is 0.559 bits per heavy atom. The van der Waals surface area contributed by atoms with E-state index in [0.29, 0.717) is 6.54 Å². The lowest BCUT2D eigenvalue weighted by Gasteiger charge is -2.31. The predicted octanol–water partition coefficient (Wildman–Crippen LogP) is 2.57. The minimum Gasteiger partial charge on any atom is -0.329 e. The van der Waals surface area contributed by atoms with Gasteiger partial charge in [0.05, 0.1) is 0 Å². The summed E-state index contributed by atoms with van der Waals surface area (Å²) >= 11 is 0. The monoisotopic (exact) mass is 472 g/mol. The summed E-state index contributed by atoms with van der Waals surface area (Å²) in [6, 6.07) is 0. The number of hydrogen-bond acceptors (Lipinski definition) is 6. The molecule has 0 amide bonds. The molecule has 0 aliphatic carbocycles. The molecular formula is C28H52N6. The molecule has 0 rings (SSSR count). The van der Waals surface area contributed by atoms with Crippen LogP contribution in [-0.2, 0) is 0 Å². The lowest BCUT2D eigenvalue weighted by Crippen LogP contribution is -2.43. The summed E-state index contributed by atoms with van der Waals surface area (Å²) in [7, 11) is 0. The summed E-state index contributed by atoms with van der Waals surface area (Å²) in [6.07, 6.45) is 11.8. The molecular weight excluding hydrogens is 420 g/mol. The third-order valence-corrected chi connectivity index (χ3v) is 5.70. The second-order valence-electron chi connectivity index (χ2n) is 8.48. The zero-order valence-corrected chi connectivity index (χ0v) is 21.8. The van der Waals surface area contributed by atoms with Crippen LogP contribution < -0.4 is 5.73 Å². The smallest absolute Gasteiger partial charge is 0.0164 e. The molecule has 6 nitrogen and oxygen atoms in total. The summed E-state index contributed by atoms with van der Waals surface area (Å²) in [6.45, 7) is 38.3. The number of nitrogens with two attached hydrogens (primary N) is 1. The molecule has 0 fully saturated rings. The fraction of sp³-hybridized carbons (Fsp3) is 0.571. The molecule has 0 unspecified atom stereocenters. The summed E-state index contributed by atoms with van der Waals surface area (Å²) in [5, 5.41) is 0. The van der Waals surface area contributed by atoms with Crippen LogP contribution in [0.25, 0.3) is 0 Å². The molecule has 0 aliphatic heterocycles. The van der Waals surface area contributed by atoms with E-state index in [1.807, 2.05) is 36.5 Å². The van der Waals surface area contributed by atoms with Crippen LogP contribution in [0.15, 0.2) is 75.9 Å². The lowest BCUT2D eigenvalue weighted by molar-refractivity contribution is 0.177.